The molecule has 0 amide bonds. The second-order valence-electron chi connectivity index (χ2n) is 10.6. The lowest BCUT2D eigenvalue weighted by Gasteiger charge is -2.19. The van der Waals surface area contributed by atoms with E-state index < -0.39 is 0 Å². The van der Waals surface area contributed by atoms with Gasteiger partial charge in [-0.05, 0) is 84.3 Å². The van der Waals surface area contributed by atoms with Crippen molar-refractivity contribution in [2.24, 2.45) is 0 Å². The molecule has 0 heterocycles. The van der Waals surface area contributed by atoms with E-state index in [0.717, 1.165) is 16.7 Å². The van der Waals surface area contributed by atoms with Crippen LogP contribution in [0, 0.1) is 5.41 Å². The van der Waals surface area contributed by atoms with Gasteiger partial charge in [-0.3, -0.25) is 0 Å². The Morgan fingerprint density at radius 1 is 0.463 bits per heavy atom. The van der Waals surface area contributed by atoms with Gasteiger partial charge in [-0.15, -0.1) is 0 Å². The molecule has 194 valence electrons. The maximum Gasteiger partial charge on any atom is 0.0635 e. The predicted octanol–water partition coefficient (Wildman–Crippen LogP) is 11.1. The molecule has 0 aliphatic rings. The Bertz CT molecular complexity index is 2080. The van der Waals surface area contributed by atoms with Crippen LogP contribution in [-0.4, -0.2) is 5.71 Å². The summed E-state index contributed by atoms with van der Waals surface area (Å²) in [4.78, 5) is 0. The van der Waals surface area contributed by atoms with Gasteiger partial charge in [0.05, 0.1) is 5.71 Å². The fourth-order valence-electron chi connectivity index (χ4n) is 6.20. The van der Waals surface area contributed by atoms with Gasteiger partial charge in [-0.25, -0.2) is 0 Å². The van der Waals surface area contributed by atoms with Crippen LogP contribution in [0.2, 0.25) is 0 Å². The van der Waals surface area contributed by atoms with Gasteiger partial charge < -0.3 is 5.41 Å². The molecular formula is C40H29N. The van der Waals surface area contributed by atoms with Gasteiger partial charge in [0.1, 0.15) is 0 Å². The number of allylic oxidation sites excluding steroid dienone is 1. The van der Waals surface area contributed by atoms with Crippen LogP contribution < -0.4 is 0 Å². The summed E-state index contributed by atoms with van der Waals surface area (Å²) in [7, 11) is 0. The molecule has 0 unspecified atom stereocenters. The van der Waals surface area contributed by atoms with Crippen molar-refractivity contribution in [2.75, 3.05) is 0 Å². The van der Waals surface area contributed by atoms with Crippen molar-refractivity contribution in [2.45, 2.75) is 6.92 Å². The Morgan fingerprint density at radius 2 is 0.927 bits per heavy atom. The first-order chi connectivity index (χ1) is 20.1. The third-order valence-electron chi connectivity index (χ3n) is 8.07. The van der Waals surface area contributed by atoms with Gasteiger partial charge in [0.15, 0.2) is 0 Å². The first kappa shape index (κ1) is 24.7. The molecular weight excluding hydrogens is 494 g/mol. The van der Waals surface area contributed by atoms with E-state index in [0.29, 0.717) is 5.71 Å². The van der Waals surface area contributed by atoms with Crippen molar-refractivity contribution < 1.29 is 0 Å². The lowest BCUT2D eigenvalue weighted by molar-refractivity contribution is 1.44. The molecule has 7 rings (SSSR count). The van der Waals surface area contributed by atoms with Crippen LogP contribution in [0.4, 0.5) is 0 Å². The van der Waals surface area contributed by atoms with Crippen molar-refractivity contribution in [3.63, 3.8) is 0 Å². The Balaban J connectivity index is 1.57. The minimum absolute atomic E-state index is 0.474. The summed E-state index contributed by atoms with van der Waals surface area (Å²) in [6.45, 7) is 5.90. The average Bonchev–Trinajstić information content (AvgIpc) is 3.03. The summed E-state index contributed by atoms with van der Waals surface area (Å²) in [6, 6.07) is 49.8. The topological polar surface area (TPSA) is 23.9 Å². The summed E-state index contributed by atoms with van der Waals surface area (Å²) in [5.74, 6) is 0. The number of benzene rings is 7. The van der Waals surface area contributed by atoms with Crippen LogP contribution in [0.3, 0.4) is 0 Å². The lowest BCUT2D eigenvalue weighted by atomic mass is 9.84. The van der Waals surface area contributed by atoms with Crippen molar-refractivity contribution >= 4 is 38.0 Å². The predicted molar refractivity (Wildman–Crippen MR) is 177 cm³/mol. The van der Waals surface area contributed by atoms with Crippen molar-refractivity contribution in [1.29, 1.82) is 5.41 Å². The van der Waals surface area contributed by atoms with Crippen LogP contribution in [0.1, 0.15) is 12.5 Å². The number of hydrogen-bond donors (Lipinski definition) is 1. The summed E-state index contributed by atoms with van der Waals surface area (Å²) in [5.41, 5.74) is 9.37. The van der Waals surface area contributed by atoms with E-state index in [9.17, 15) is 0 Å². The van der Waals surface area contributed by atoms with Crippen molar-refractivity contribution in [3.05, 3.63) is 157 Å². The molecule has 0 saturated carbocycles. The normalized spacial score (nSPS) is 11.2. The Hall–Kier alpha value is -5.27. The SMILES string of the molecule is C=C(C)C(=N)c1cccc(-c2c3ccccc3c(-c3cccc4c(-c5ccccc5)cccc34)c3ccccc23)c1. The quantitative estimate of drug-likeness (QED) is 0.171. The first-order valence-electron chi connectivity index (χ1n) is 14.0. The van der Waals surface area contributed by atoms with Crippen molar-refractivity contribution in [1.82, 2.24) is 0 Å². The molecule has 0 bridgehead atoms. The van der Waals surface area contributed by atoms with E-state index in [1.165, 1.54) is 60.1 Å². The largest absolute Gasteiger partial charge is 0.300 e. The number of rotatable bonds is 5. The first-order valence-corrected chi connectivity index (χ1v) is 14.0. The van der Waals surface area contributed by atoms with E-state index in [-0.39, 0.29) is 0 Å². The molecule has 0 aliphatic carbocycles. The average molecular weight is 524 g/mol. The zero-order chi connectivity index (χ0) is 27.9. The molecule has 0 saturated heterocycles. The van der Waals surface area contributed by atoms with Gasteiger partial charge >= 0.3 is 0 Å². The van der Waals surface area contributed by atoms with E-state index in [1.807, 2.05) is 13.0 Å². The zero-order valence-electron chi connectivity index (χ0n) is 23.0. The van der Waals surface area contributed by atoms with Crippen LogP contribution >= 0.6 is 0 Å². The maximum absolute atomic E-state index is 8.57. The third-order valence-corrected chi connectivity index (χ3v) is 8.07. The van der Waals surface area contributed by atoms with Crippen LogP contribution in [-0.2, 0) is 0 Å². The highest BCUT2D eigenvalue weighted by molar-refractivity contribution is 6.24. The molecule has 1 nitrogen and oxygen atoms in total. The molecule has 0 radical (unpaired) electrons. The van der Waals surface area contributed by atoms with Gasteiger partial charge in [0.2, 0.25) is 0 Å². The highest BCUT2D eigenvalue weighted by Gasteiger charge is 2.19. The van der Waals surface area contributed by atoms with Crippen LogP contribution in [0.5, 0.6) is 0 Å². The summed E-state index contributed by atoms with van der Waals surface area (Å²) >= 11 is 0. The summed E-state index contributed by atoms with van der Waals surface area (Å²) < 4.78 is 0. The minimum atomic E-state index is 0.474. The number of hydrogen-bond acceptors (Lipinski definition) is 1. The second-order valence-corrected chi connectivity index (χ2v) is 10.6. The van der Waals surface area contributed by atoms with Gasteiger partial charge in [-0.1, -0.05) is 140 Å². The molecule has 0 atom stereocenters. The van der Waals surface area contributed by atoms with E-state index in [1.54, 1.807) is 0 Å². The minimum Gasteiger partial charge on any atom is -0.300 e. The Labute approximate surface area is 240 Å². The van der Waals surface area contributed by atoms with Crippen LogP contribution in [0.15, 0.2) is 152 Å². The molecule has 41 heavy (non-hydrogen) atoms. The molecule has 0 aliphatic heterocycles. The molecule has 7 aromatic carbocycles. The van der Waals surface area contributed by atoms with E-state index in [4.69, 9.17) is 5.41 Å². The standard InChI is InChI=1S/C40H29N/c1-26(2)40(41)29-16-10-15-28(25-29)38-34-17-6-8-19-36(34)39(37-20-9-7-18-35(37)38)33-24-12-22-31-30(21-11-23-32(31)33)27-13-4-3-5-14-27/h3-25,41H,1H2,2H3. The van der Waals surface area contributed by atoms with E-state index >= 15 is 0 Å². The van der Waals surface area contributed by atoms with Gasteiger partial charge in [0, 0.05) is 5.56 Å². The molecule has 0 spiro atoms. The Morgan fingerprint density at radius 3 is 1.54 bits per heavy atom. The van der Waals surface area contributed by atoms with Crippen molar-refractivity contribution in [3.8, 4) is 33.4 Å². The highest BCUT2D eigenvalue weighted by Crippen LogP contribution is 2.46. The lowest BCUT2D eigenvalue weighted by Crippen LogP contribution is -2.00. The molecule has 0 fully saturated rings. The van der Waals surface area contributed by atoms with Gasteiger partial charge in [0.25, 0.3) is 0 Å². The van der Waals surface area contributed by atoms with Gasteiger partial charge in [-0.2, -0.15) is 0 Å². The fraction of sp³-hybridized carbons (Fsp3) is 0.0250. The third kappa shape index (κ3) is 4.15. The molecule has 1 N–H and O–H groups in total. The summed E-state index contributed by atoms with van der Waals surface area (Å²) in [5, 5.41) is 15.9. The molecule has 0 aromatic heterocycles. The highest BCUT2D eigenvalue weighted by atomic mass is 14.4. The smallest absolute Gasteiger partial charge is 0.0635 e. The fourth-order valence-corrected chi connectivity index (χ4v) is 6.20. The zero-order valence-corrected chi connectivity index (χ0v) is 23.0. The van der Waals surface area contributed by atoms with Crippen LogP contribution in [0.25, 0.3) is 65.7 Å². The second kappa shape index (κ2) is 10.0. The molecule has 1 heteroatoms. The monoisotopic (exact) mass is 523 g/mol. The molecule has 7 aromatic rings. The maximum atomic E-state index is 8.57. The number of nitrogens with one attached hydrogen (secondary N) is 1. The number of fused-ring (bicyclic) bond motifs is 3. The van der Waals surface area contributed by atoms with E-state index in [2.05, 4.69) is 140 Å². The summed E-state index contributed by atoms with van der Waals surface area (Å²) in [6.07, 6.45) is 0. The Kier molecular flexibility index (Phi) is 6.06.